The molecule has 0 aromatic heterocycles. The quantitative estimate of drug-likeness (QED) is 0.433. The highest BCUT2D eigenvalue weighted by Crippen LogP contribution is 2.67. The molecule has 9 atom stereocenters. The van der Waals surface area contributed by atoms with E-state index in [1.165, 1.54) is 64.2 Å². The van der Waals surface area contributed by atoms with E-state index in [1.54, 1.807) is 0 Å². The van der Waals surface area contributed by atoms with E-state index in [-0.39, 0.29) is 6.10 Å². The van der Waals surface area contributed by atoms with Gasteiger partial charge in [0.25, 0.3) is 0 Å². The van der Waals surface area contributed by atoms with Gasteiger partial charge in [0, 0.05) is 0 Å². The van der Waals surface area contributed by atoms with Crippen LogP contribution in [0.1, 0.15) is 119 Å². The highest BCUT2D eigenvalue weighted by atomic mass is 16.3. The maximum atomic E-state index is 10.1. The Hall–Kier alpha value is -0.0400. The Balaban J connectivity index is 1.68. The molecule has 0 heterocycles. The number of hydrogen-bond acceptors (Lipinski definition) is 1. The van der Waals surface area contributed by atoms with E-state index in [4.69, 9.17) is 0 Å². The van der Waals surface area contributed by atoms with Crippen molar-refractivity contribution in [1.82, 2.24) is 0 Å². The predicted octanol–water partition coefficient (Wildman–Crippen LogP) is 8.10. The third-order valence-electron chi connectivity index (χ3n) is 11.0. The zero-order valence-corrected chi connectivity index (χ0v) is 20.8. The van der Waals surface area contributed by atoms with Crippen LogP contribution in [0, 0.1) is 52.3 Å². The Morgan fingerprint density at radius 2 is 1.59 bits per heavy atom. The van der Waals surface area contributed by atoms with Crippen molar-refractivity contribution in [2.24, 2.45) is 52.3 Å². The van der Waals surface area contributed by atoms with E-state index >= 15 is 0 Å². The van der Waals surface area contributed by atoms with Crippen molar-refractivity contribution in [2.45, 2.75) is 125 Å². The molecule has 3 rings (SSSR count). The van der Waals surface area contributed by atoms with E-state index in [9.17, 15) is 5.11 Å². The van der Waals surface area contributed by atoms with Gasteiger partial charge in [-0.3, -0.25) is 0 Å². The molecule has 0 saturated heterocycles. The van der Waals surface area contributed by atoms with E-state index in [1.807, 2.05) is 6.92 Å². The first-order valence-electron chi connectivity index (χ1n) is 13.3. The van der Waals surface area contributed by atoms with Crippen LogP contribution in [0.15, 0.2) is 0 Å². The van der Waals surface area contributed by atoms with Crippen LogP contribution in [0.5, 0.6) is 0 Å². The molecule has 1 nitrogen and oxygen atoms in total. The summed E-state index contributed by atoms with van der Waals surface area (Å²) < 4.78 is 0. The van der Waals surface area contributed by atoms with Gasteiger partial charge < -0.3 is 5.11 Å². The van der Waals surface area contributed by atoms with Crippen LogP contribution in [0.2, 0.25) is 0 Å². The van der Waals surface area contributed by atoms with Crippen LogP contribution in [0.4, 0.5) is 0 Å². The normalized spacial score (nSPS) is 44.4. The largest absolute Gasteiger partial charge is 0.393 e. The predicted molar refractivity (Wildman–Crippen MR) is 126 cm³/mol. The first-order valence-corrected chi connectivity index (χ1v) is 13.3. The second-order valence-electron chi connectivity index (χ2n) is 12.6. The van der Waals surface area contributed by atoms with Crippen molar-refractivity contribution in [3.05, 3.63) is 0 Å². The molecule has 29 heavy (non-hydrogen) atoms. The molecule has 3 aliphatic carbocycles. The highest BCUT2D eigenvalue weighted by Gasteiger charge is 2.58. The molecule has 0 aromatic rings. The average Bonchev–Trinajstić information content (AvgIpc) is 3.00. The minimum atomic E-state index is -0.139. The molecular weight excluding hydrogens is 352 g/mol. The summed E-state index contributed by atoms with van der Waals surface area (Å²) in [7, 11) is 0. The molecule has 3 fully saturated rings. The Morgan fingerprint density at radius 1 is 0.897 bits per heavy atom. The second kappa shape index (κ2) is 9.22. The molecule has 3 saturated carbocycles. The van der Waals surface area contributed by atoms with Crippen molar-refractivity contribution in [3.8, 4) is 0 Å². The summed E-state index contributed by atoms with van der Waals surface area (Å²) in [6, 6.07) is 0. The Kier molecular flexibility index (Phi) is 7.51. The zero-order valence-electron chi connectivity index (χ0n) is 20.8. The first kappa shape index (κ1) is 23.6. The lowest BCUT2D eigenvalue weighted by Crippen LogP contribution is -2.52. The van der Waals surface area contributed by atoms with Gasteiger partial charge in [-0.25, -0.2) is 0 Å². The van der Waals surface area contributed by atoms with Gasteiger partial charge in [0.2, 0.25) is 0 Å². The minimum Gasteiger partial charge on any atom is -0.393 e. The average molecular weight is 405 g/mol. The van der Waals surface area contributed by atoms with Gasteiger partial charge in [0.1, 0.15) is 0 Å². The summed E-state index contributed by atoms with van der Waals surface area (Å²) in [4.78, 5) is 0. The molecule has 8 unspecified atom stereocenters. The lowest BCUT2D eigenvalue weighted by atomic mass is 9.46. The van der Waals surface area contributed by atoms with Crippen molar-refractivity contribution in [1.29, 1.82) is 0 Å². The summed E-state index contributed by atoms with van der Waals surface area (Å²) in [6.07, 6.45) is 15.3. The number of aliphatic hydroxyl groups is 1. The van der Waals surface area contributed by atoms with Gasteiger partial charge in [0.05, 0.1) is 6.10 Å². The van der Waals surface area contributed by atoms with Gasteiger partial charge in [-0.1, -0.05) is 60.8 Å². The fourth-order valence-corrected chi connectivity index (χ4v) is 8.49. The SMILES string of the molecule is CCC1(C)C(C[C@@H](C)O)CCC2C1CCC1(C)C(CCCC(C)C(C)C)CCC21. The maximum absolute atomic E-state index is 10.1. The third kappa shape index (κ3) is 4.47. The summed E-state index contributed by atoms with van der Waals surface area (Å²) in [5.74, 6) is 6.27. The lowest BCUT2D eigenvalue weighted by Gasteiger charge is -2.59. The van der Waals surface area contributed by atoms with E-state index in [0.717, 1.165) is 47.8 Å². The number of aliphatic hydroxyl groups excluding tert-OH is 1. The molecule has 0 bridgehead atoms. The zero-order chi connectivity index (χ0) is 21.4. The number of rotatable bonds is 8. The van der Waals surface area contributed by atoms with Crippen LogP contribution < -0.4 is 0 Å². The van der Waals surface area contributed by atoms with Crippen LogP contribution >= 0.6 is 0 Å². The van der Waals surface area contributed by atoms with Gasteiger partial charge in [-0.05, 0) is 111 Å². The van der Waals surface area contributed by atoms with Crippen LogP contribution in [0.25, 0.3) is 0 Å². The monoisotopic (exact) mass is 404 g/mol. The van der Waals surface area contributed by atoms with Crippen molar-refractivity contribution in [3.63, 3.8) is 0 Å². The van der Waals surface area contributed by atoms with Gasteiger partial charge in [-0.15, -0.1) is 0 Å². The Labute approximate surface area is 182 Å². The fourth-order valence-electron chi connectivity index (χ4n) is 8.49. The topological polar surface area (TPSA) is 20.2 Å². The van der Waals surface area contributed by atoms with E-state index in [0.29, 0.717) is 10.8 Å². The Bertz CT molecular complexity index is 524. The third-order valence-corrected chi connectivity index (χ3v) is 11.0. The smallest absolute Gasteiger partial charge is 0.0515 e. The summed E-state index contributed by atoms with van der Waals surface area (Å²) in [5.41, 5.74) is 1.07. The highest BCUT2D eigenvalue weighted by molar-refractivity contribution is 5.08. The van der Waals surface area contributed by atoms with Gasteiger partial charge in [0.15, 0.2) is 0 Å². The molecule has 0 amide bonds. The standard InChI is InChI=1S/C28H52O/c1-8-27(6)23(18-21(5)29)12-14-24-25-15-13-22(11-9-10-20(4)19(2)3)28(25,7)17-16-26(24)27/h19-26,29H,8-18H2,1-7H3/t20?,21-,22?,23?,24?,25?,26?,27?,28?/m1/s1. The van der Waals surface area contributed by atoms with E-state index < -0.39 is 0 Å². The summed E-state index contributed by atoms with van der Waals surface area (Å²) >= 11 is 0. The molecule has 1 N–H and O–H groups in total. The molecule has 1 heteroatoms. The molecule has 0 radical (unpaired) electrons. The molecule has 170 valence electrons. The molecular formula is C28H52O. The van der Waals surface area contributed by atoms with Gasteiger partial charge >= 0.3 is 0 Å². The number of fused-ring (bicyclic) bond motifs is 3. The molecule has 0 aromatic carbocycles. The molecule has 0 spiro atoms. The Morgan fingerprint density at radius 3 is 2.21 bits per heavy atom. The summed E-state index contributed by atoms with van der Waals surface area (Å²) in [6.45, 7) is 16.9. The summed E-state index contributed by atoms with van der Waals surface area (Å²) in [5, 5.41) is 10.1. The first-order chi connectivity index (χ1) is 13.6. The maximum Gasteiger partial charge on any atom is 0.0515 e. The van der Waals surface area contributed by atoms with Crippen molar-refractivity contribution in [2.75, 3.05) is 0 Å². The second-order valence-corrected chi connectivity index (χ2v) is 12.6. The molecule has 0 aliphatic heterocycles. The molecule has 3 aliphatic rings. The minimum absolute atomic E-state index is 0.139. The van der Waals surface area contributed by atoms with Crippen LogP contribution in [0.3, 0.4) is 0 Å². The van der Waals surface area contributed by atoms with Gasteiger partial charge in [-0.2, -0.15) is 0 Å². The van der Waals surface area contributed by atoms with Crippen LogP contribution in [-0.4, -0.2) is 11.2 Å². The van der Waals surface area contributed by atoms with Crippen molar-refractivity contribution < 1.29 is 5.11 Å². The van der Waals surface area contributed by atoms with Crippen LogP contribution in [-0.2, 0) is 0 Å². The van der Waals surface area contributed by atoms with E-state index in [2.05, 4.69) is 41.5 Å². The fraction of sp³-hybridized carbons (Fsp3) is 1.00. The number of hydrogen-bond donors (Lipinski definition) is 1. The van der Waals surface area contributed by atoms with Crippen molar-refractivity contribution >= 4 is 0 Å². The lowest BCUT2D eigenvalue weighted by molar-refractivity contribution is -0.105.